The van der Waals surface area contributed by atoms with Gasteiger partial charge in [0.25, 0.3) is 0 Å². The molecule has 4 rings (SSSR count). The fourth-order valence-electron chi connectivity index (χ4n) is 3.23. The van der Waals surface area contributed by atoms with E-state index in [1.807, 2.05) is 50.2 Å². The van der Waals surface area contributed by atoms with Gasteiger partial charge in [-0.25, -0.2) is 4.79 Å². The van der Waals surface area contributed by atoms with Crippen LogP contribution in [0.1, 0.15) is 16.7 Å². The second-order valence-corrected chi connectivity index (χ2v) is 6.17. The molecule has 2 heterocycles. The lowest BCUT2D eigenvalue weighted by Crippen LogP contribution is -2.05. The monoisotopic (exact) mass is 331 g/mol. The molecular weight excluding hydrogens is 314 g/mol. The van der Waals surface area contributed by atoms with Gasteiger partial charge in [-0.3, -0.25) is 4.98 Å². The molecule has 4 aromatic rings. The van der Waals surface area contributed by atoms with Crippen LogP contribution < -0.4 is 10.4 Å². The largest absolute Gasteiger partial charge is 0.487 e. The maximum Gasteiger partial charge on any atom is 0.336 e. The molecule has 0 amide bonds. The minimum absolute atomic E-state index is 0.279. The molecule has 0 radical (unpaired) electrons. The molecule has 2 aromatic carbocycles. The Kier molecular flexibility index (Phi) is 3.73. The van der Waals surface area contributed by atoms with E-state index in [1.54, 1.807) is 6.20 Å². The maximum atomic E-state index is 11.9. The van der Waals surface area contributed by atoms with Crippen LogP contribution in [0.2, 0.25) is 0 Å². The smallest absolute Gasteiger partial charge is 0.336 e. The molecule has 124 valence electrons. The molecule has 0 saturated heterocycles. The Morgan fingerprint density at radius 3 is 2.80 bits per heavy atom. The number of benzene rings is 2. The number of fused-ring (bicyclic) bond motifs is 2. The standard InChI is InChI=1S/C21H17NO3/c1-13-9-14(2)20-16(11-19(23)25-18(20)10-13)12-24-17-7-3-5-15-6-4-8-22-21(15)17/h3-11H,12H2,1-2H3. The molecule has 0 bridgehead atoms. The van der Waals surface area contributed by atoms with Crippen molar-refractivity contribution in [2.45, 2.75) is 20.5 Å². The third-order valence-electron chi connectivity index (χ3n) is 4.25. The van der Waals surface area contributed by atoms with Crippen LogP contribution in [0, 0.1) is 13.8 Å². The number of hydrogen-bond donors (Lipinski definition) is 0. The normalized spacial score (nSPS) is 11.1. The van der Waals surface area contributed by atoms with E-state index in [-0.39, 0.29) is 12.2 Å². The topological polar surface area (TPSA) is 52.3 Å². The molecule has 0 aliphatic carbocycles. The van der Waals surface area contributed by atoms with Crippen LogP contribution in [0.4, 0.5) is 0 Å². The van der Waals surface area contributed by atoms with E-state index < -0.39 is 0 Å². The van der Waals surface area contributed by atoms with E-state index in [9.17, 15) is 4.79 Å². The van der Waals surface area contributed by atoms with Crippen molar-refractivity contribution in [3.8, 4) is 5.75 Å². The minimum atomic E-state index is -0.368. The predicted molar refractivity (Wildman–Crippen MR) is 98.0 cm³/mol. The van der Waals surface area contributed by atoms with E-state index in [2.05, 4.69) is 11.1 Å². The number of pyridine rings is 1. The van der Waals surface area contributed by atoms with E-state index in [0.29, 0.717) is 11.3 Å². The molecule has 25 heavy (non-hydrogen) atoms. The van der Waals surface area contributed by atoms with E-state index >= 15 is 0 Å². The van der Waals surface area contributed by atoms with Gasteiger partial charge in [0.1, 0.15) is 23.5 Å². The molecule has 2 aromatic heterocycles. The van der Waals surface area contributed by atoms with E-state index in [0.717, 1.165) is 33.0 Å². The minimum Gasteiger partial charge on any atom is -0.487 e. The number of hydrogen-bond acceptors (Lipinski definition) is 4. The lowest BCUT2D eigenvalue weighted by atomic mass is 10.0. The molecule has 4 heteroatoms. The fourth-order valence-corrected chi connectivity index (χ4v) is 3.23. The summed E-state index contributed by atoms with van der Waals surface area (Å²) in [6, 6.07) is 15.2. The summed E-state index contributed by atoms with van der Waals surface area (Å²) in [6.45, 7) is 4.28. The summed E-state index contributed by atoms with van der Waals surface area (Å²) in [5.41, 5.74) is 3.98. The van der Waals surface area contributed by atoms with Crippen molar-refractivity contribution in [2.75, 3.05) is 0 Å². The summed E-state index contributed by atoms with van der Waals surface area (Å²) < 4.78 is 11.4. The summed E-state index contributed by atoms with van der Waals surface area (Å²) in [6.07, 6.45) is 1.74. The highest BCUT2D eigenvalue weighted by Gasteiger charge is 2.11. The SMILES string of the molecule is Cc1cc(C)c2c(COc3cccc4cccnc34)cc(=O)oc2c1. The highest BCUT2D eigenvalue weighted by Crippen LogP contribution is 2.27. The third kappa shape index (κ3) is 2.87. The first-order valence-electron chi connectivity index (χ1n) is 8.12. The summed E-state index contributed by atoms with van der Waals surface area (Å²) in [5.74, 6) is 0.698. The Morgan fingerprint density at radius 2 is 1.92 bits per heavy atom. The Hall–Kier alpha value is -3.14. The summed E-state index contributed by atoms with van der Waals surface area (Å²) >= 11 is 0. The summed E-state index contributed by atoms with van der Waals surface area (Å²) in [5, 5.41) is 1.95. The van der Waals surface area contributed by atoms with Gasteiger partial charge in [0.05, 0.1) is 0 Å². The van der Waals surface area contributed by atoms with Crippen LogP contribution in [0.3, 0.4) is 0 Å². The highest BCUT2D eigenvalue weighted by molar-refractivity contribution is 5.85. The molecule has 4 nitrogen and oxygen atoms in total. The van der Waals surface area contributed by atoms with Gasteiger partial charge >= 0.3 is 5.63 Å². The van der Waals surface area contributed by atoms with Crippen LogP contribution in [0.5, 0.6) is 5.75 Å². The van der Waals surface area contributed by atoms with E-state index in [1.165, 1.54) is 6.07 Å². The highest BCUT2D eigenvalue weighted by atomic mass is 16.5. The Bertz CT molecular complexity index is 1140. The first kappa shape index (κ1) is 15.4. The van der Waals surface area contributed by atoms with Crippen molar-refractivity contribution in [2.24, 2.45) is 0 Å². The molecule has 0 unspecified atom stereocenters. The molecule has 0 saturated carbocycles. The van der Waals surface area contributed by atoms with Gasteiger partial charge < -0.3 is 9.15 Å². The number of para-hydroxylation sites is 1. The number of rotatable bonds is 3. The molecule has 0 atom stereocenters. The number of nitrogens with zero attached hydrogens (tertiary/aromatic N) is 1. The lowest BCUT2D eigenvalue weighted by Gasteiger charge is -2.12. The van der Waals surface area contributed by atoms with Gasteiger partial charge in [0, 0.05) is 28.6 Å². The van der Waals surface area contributed by atoms with Gasteiger partial charge in [-0.1, -0.05) is 24.3 Å². The van der Waals surface area contributed by atoms with Gasteiger partial charge in [-0.2, -0.15) is 0 Å². The Morgan fingerprint density at radius 1 is 1.08 bits per heavy atom. The average Bonchev–Trinajstić information content (AvgIpc) is 2.58. The van der Waals surface area contributed by atoms with Crippen LogP contribution in [0.15, 0.2) is 63.9 Å². The third-order valence-corrected chi connectivity index (χ3v) is 4.25. The van der Waals surface area contributed by atoms with Crippen LogP contribution in [-0.2, 0) is 6.61 Å². The number of aromatic nitrogens is 1. The first-order chi connectivity index (χ1) is 12.1. The molecular formula is C21H17NO3. The van der Waals surface area contributed by atoms with Crippen molar-refractivity contribution in [3.63, 3.8) is 0 Å². The second-order valence-electron chi connectivity index (χ2n) is 6.17. The van der Waals surface area contributed by atoms with Crippen molar-refractivity contribution in [1.82, 2.24) is 4.98 Å². The molecule has 0 N–H and O–H groups in total. The van der Waals surface area contributed by atoms with Crippen LogP contribution >= 0.6 is 0 Å². The summed E-state index contributed by atoms with van der Waals surface area (Å²) in [7, 11) is 0. The lowest BCUT2D eigenvalue weighted by molar-refractivity contribution is 0.310. The zero-order valence-corrected chi connectivity index (χ0v) is 14.1. The van der Waals surface area contributed by atoms with Crippen molar-refractivity contribution in [1.29, 1.82) is 0 Å². The number of ether oxygens (including phenoxy) is 1. The zero-order valence-electron chi connectivity index (χ0n) is 14.1. The second kappa shape index (κ2) is 6.06. The van der Waals surface area contributed by atoms with E-state index in [4.69, 9.17) is 9.15 Å². The fraction of sp³-hybridized carbons (Fsp3) is 0.143. The van der Waals surface area contributed by atoms with Crippen molar-refractivity contribution in [3.05, 3.63) is 81.8 Å². The predicted octanol–water partition coefficient (Wildman–Crippen LogP) is 4.54. The average molecular weight is 331 g/mol. The van der Waals surface area contributed by atoms with Gasteiger partial charge in [-0.15, -0.1) is 0 Å². The quantitative estimate of drug-likeness (QED) is 0.517. The molecule has 0 fully saturated rings. The Labute approximate surface area is 144 Å². The van der Waals surface area contributed by atoms with Crippen LogP contribution in [0.25, 0.3) is 21.9 Å². The van der Waals surface area contributed by atoms with Gasteiger partial charge in [0.15, 0.2) is 0 Å². The van der Waals surface area contributed by atoms with Crippen LogP contribution in [-0.4, -0.2) is 4.98 Å². The number of aryl methyl sites for hydroxylation is 2. The molecule has 0 spiro atoms. The Balaban J connectivity index is 1.77. The van der Waals surface area contributed by atoms with Crippen molar-refractivity contribution < 1.29 is 9.15 Å². The summed E-state index contributed by atoms with van der Waals surface area (Å²) in [4.78, 5) is 16.3. The molecule has 0 aliphatic heterocycles. The van der Waals surface area contributed by atoms with Gasteiger partial charge in [0.2, 0.25) is 0 Å². The maximum absolute atomic E-state index is 11.9. The first-order valence-corrected chi connectivity index (χ1v) is 8.12. The van der Waals surface area contributed by atoms with Crippen molar-refractivity contribution >= 4 is 21.9 Å². The zero-order chi connectivity index (χ0) is 17.4. The molecule has 0 aliphatic rings. The van der Waals surface area contributed by atoms with Gasteiger partial charge in [-0.05, 0) is 43.2 Å².